The number of hydrogen-bond acceptors (Lipinski definition) is 4. The van der Waals surface area contributed by atoms with Crippen molar-refractivity contribution in [2.24, 2.45) is 5.92 Å². The minimum absolute atomic E-state index is 0.0732. The third-order valence-corrected chi connectivity index (χ3v) is 7.16. The number of alkyl halides is 3. The quantitative estimate of drug-likeness (QED) is 0.645. The molecule has 1 fully saturated rings. The number of imidazole rings is 1. The van der Waals surface area contributed by atoms with E-state index < -0.39 is 28.7 Å². The molecule has 1 atom stereocenters. The van der Waals surface area contributed by atoms with Crippen molar-refractivity contribution in [2.45, 2.75) is 24.0 Å². The monoisotopic (exact) mass is 452 g/mol. The second-order valence-corrected chi connectivity index (χ2v) is 9.27. The molecule has 3 heterocycles. The van der Waals surface area contributed by atoms with Crippen LogP contribution in [0.15, 0.2) is 59.9 Å². The van der Waals surface area contributed by atoms with E-state index in [4.69, 9.17) is 0 Å². The summed E-state index contributed by atoms with van der Waals surface area (Å²) in [7, 11) is -4.00. The Morgan fingerprint density at radius 2 is 1.90 bits per heavy atom. The Hall–Kier alpha value is -2.92. The lowest BCUT2D eigenvalue weighted by molar-refractivity contribution is -0.169. The summed E-state index contributed by atoms with van der Waals surface area (Å²) in [4.78, 5) is 16.4. The Morgan fingerprint density at radius 1 is 1.16 bits per heavy atom. The molecule has 7 nitrogen and oxygen atoms in total. The summed E-state index contributed by atoms with van der Waals surface area (Å²) in [5.74, 6) is -1.94. The average Bonchev–Trinajstić information content (AvgIpc) is 3.41. The van der Waals surface area contributed by atoms with E-state index in [0.717, 1.165) is 4.31 Å². The van der Waals surface area contributed by atoms with Crippen molar-refractivity contribution in [3.8, 4) is 0 Å². The zero-order valence-electron chi connectivity index (χ0n) is 16.2. The van der Waals surface area contributed by atoms with Crippen molar-refractivity contribution in [3.05, 3.63) is 66.1 Å². The van der Waals surface area contributed by atoms with Crippen LogP contribution in [0.25, 0.3) is 5.65 Å². The molecule has 1 aliphatic heterocycles. The van der Waals surface area contributed by atoms with Crippen LogP contribution in [0.5, 0.6) is 0 Å². The van der Waals surface area contributed by atoms with E-state index in [1.165, 1.54) is 24.3 Å². The van der Waals surface area contributed by atoms with Gasteiger partial charge in [-0.2, -0.15) is 17.5 Å². The molecule has 1 saturated heterocycles. The maximum absolute atomic E-state index is 12.9. The molecule has 2 aromatic heterocycles. The van der Waals surface area contributed by atoms with Crippen LogP contribution in [-0.2, 0) is 16.6 Å². The molecule has 0 unspecified atom stereocenters. The fourth-order valence-electron chi connectivity index (χ4n) is 3.48. The van der Waals surface area contributed by atoms with Crippen LogP contribution in [0, 0.1) is 5.92 Å². The summed E-state index contributed by atoms with van der Waals surface area (Å²) in [6.45, 7) is -0.558. The zero-order valence-corrected chi connectivity index (χ0v) is 17.0. The Labute approximate surface area is 176 Å². The number of carbonyl (C=O) groups is 1. The van der Waals surface area contributed by atoms with Gasteiger partial charge in [-0.15, -0.1) is 0 Å². The van der Waals surface area contributed by atoms with E-state index in [-0.39, 0.29) is 30.3 Å². The molecule has 1 amide bonds. The fraction of sp³-hybridized carbons (Fsp3) is 0.300. The summed E-state index contributed by atoms with van der Waals surface area (Å²) in [6, 6.07) is 9.12. The number of aromatic nitrogens is 2. The number of halogens is 3. The molecule has 0 saturated carbocycles. The van der Waals surface area contributed by atoms with Crippen molar-refractivity contribution < 1.29 is 26.4 Å². The van der Waals surface area contributed by atoms with Gasteiger partial charge in [0.2, 0.25) is 10.0 Å². The van der Waals surface area contributed by atoms with E-state index in [1.54, 1.807) is 35.1 Å². The first-order valence-corrected chi connectivity index (χ1v) is 11.0. The largest absolute Gasteiger partial charge is 0.393 e. The molecular weight excluding hydrogens is 433 g/mol. The average molecular weight is 452 g/mol. The molecule has 1 aliphatic rings. The van der Waals surface area contributed by atoms with Gasteiger partial charge in [0.15, 0.2) is 0 Å². The van der Waals surface area contributed by atoms with Gasteiger partial charge in [-0.25, -0.2) is 13.4 Å². The van der Waals surface area contributed by atoms with Gasteiger partial charge in [-0.05, 0) is 36.2 Å². The van der Waals surface area contributed by atoms with Crippen LogP contribution in [0.4, 0.5) is 13.2 Å². The lowest BCUT2D eigenvalue weighted by Crippen LogP contribution is -2.32. The second-order valence-electron chi connectivity index (χ2n) is 7.33. The summed E-state index contributed by atoms with van der Waals surface area (Å²) in [5, 5.41) is 2.75. The molecule has 3 aromatic rings. The van der Waals surface area contributed by atoms with E-state index in [2.05, 4.69) is 10.3 Å². The van der Waals surface area contributed by atoms with E-state index in [1.807, 2.05) is 0 Å². The van der Waals surface area contributed by atoms with Gasteiger partial charge < -0.3 is 9.72 Å². The predicted octanol–water partition coefficient (Wildman–Crippen LogP) is 2.84. The third kappa shape index (κ3) is 4.42. The van der Waals surface area contributed by atoms with E-state index in [9.17, 15) is 26.4 Å². The topological polar surface area (TPSA) is 83.8 Å². The smallest absolute Gasteiger partial charge is 0.348 e. The first-order valence-electron chi connectivity index (χ1n) is 9.51. The van der Waals surface area contributed by atoms with Crippen LogP contribution in [0.1, 0.15) is 22.3 Å². The molecule has 1 N–H and O–H groups in total. The highest BCUT2D eigenvalue weighted by molar-refractivity contribution is 7.89. The predicted molar refractivity (Wildman–Crippen MR) is 106 cm³/mol. The van der Waals surface area contributed by atoms with Crippen LogP contribution in [0.3, 0.4) is 0 Å². The zero-order chi connectivity index (χ0) is 22.2. The fourth-order valence-corrected chi connectivity index (χ4v) is 4.98. The number of rotatable bonds is 5. The minimum atomic E-state index is -4.41. The number of amides is 1. The molecule has 0 spiro atoms. The molecule has 4 rings (SSSR count). The van der Waals surface area contributed by atoms with Crippen LogP contribution in [0.2, 0.25) is 0 Å². The molecule has 1 aromatic carbocycles. The van der Waals surface area contributed by atoms with Gasteiger partial charge in [0, 0.05) is 38.2 Å². The highest BCUT2D eigenvalue weighted by atomic mass is 32.2. The number of pyridine rings is 1. The van der Waals surface area contributed by atoms with Crippen LogP contribution >= 0.6 is 0 Å². The normalized spacial score (nSPS) is 17.8. The Balaban J connectivity index is 1.39. The summed E-state index contributed by atoms with van der Waals surface area (Å²) in [6.07, 6.45) is 0.352. The maximum atomic E-state index is 12.9. The van der Waals surface area contributed by atoms with E-state index in [0.29, 0.717) is 16.8 Å². The molecule has 31 heavy (non-hydrogen) atoms. The molecule has 0 aliphatic carbocycles. The Bertz CT molecular complexity index is 1210. The standard InChI is InChI=1S/C20H19F3N4O3S/c21-20(22,23)16-7-9-27(13-16)31(29,30)17-4-1-14(2-5-17)11-25-19(28)15-3-6-18-24-8-10-26(18)12-15/h1-6,8,10,12,16H,7,9,11,13H2,(H,25,28)/t16-/m0/s1. The number of carbonyl (C=O) groups excluding carboxylic acids is 1. The molecule has 164 valence electrons. The van der Waals surface area contributed by atoms with Gasteiger partial charge in [0.25, 0.3) is 5.91 Å². The van der Waals surface area contributed by atoms with E-state index >= 15 is 0 Å². The minimum Gasteiger partial charge on any atom is -0.348 e. The molecule has 11 heteroatoms. The lowest BCUT2D eigenvalue weighted by atomic mass is 10.1. The summed E-state index contributed by atoms with van der Waals surface area (Å²) in [5.41, 5.74) is 1.82. The van der Waals surface area contributed by atoms with Crippen molar-refractivity contribution >= 4 is 21.6 Å². The number of sulfonamides is 1. The van der Waals surface area contributed by atoms with Crippen molar-refractivity contribution in [1.29, 1.82) is 0 Å². The Kier molecular flexibility index (Phi) is 5.48. The maximum Gasteiger partial charge on any atom is 0.393 e. The molecular formula is C20H19F3N4O3S. The van der Waals surface area contributed by atoms with Gasteiger partial charge in [-0.1, -0.05) is 12.1 Å². The first-order chi connectivity index (χ1) is 14.6. The summed E-state index contributed by atoms with van der Waals surface area (Å²) < 4.78 is 66.4. The molecule has 0 radical (unpaired) electrons. The van der Waals surface area contributed by atoms with Gasteiger partial charge in [0.05, 0.1) is 16.4 Å². The number of nitrogens with one attached hydrogen (secondary N) is 1. The highest BCUT2D eigenvalue weighted by Crippen LogP contribution is 2.35. The van der Waals surface area contributed by atoms with Crippen molar-refractivity contribution in [3.63, 3.8) is 0 Å². The number of hydrogen-bond donors (Lipinski definition) is 1. The Morgan fingerprint density at radius 3 is 2.58 bits per heavy atom. The number of fused-ring (bicyclic) bond motifs is 1. The SMILES string of the molecule is O=C(NCc1ccc(S(=O)(=O)N2CC[C@H](C(F)(F)F)C2)cc1)c1ccc2nccn2c1. The van der Waals surface area contributed by atoms with Crippen molar-refractivity contribution in [2.75, 3.05) is 13.1 Å². The van der Waals surface area contributed by atoms with Gasteiger partial charge in [-0.3, -0.25) is 4.79 Å². The van der Waals surface area contributed by atoms with Crippen LogP contribution in [-0.4, -0.2) is 47.3 Å². The number of nitrogens with zero attached hydrogens (tertiary/aromatic N) is 3. The van der Waals surface area contributed by atoms with Crippen LogP contribution < -0.4 is 5.32 Å². The van der Waals surface area contributed by atoms with Gasteiger partial charge >= 0.3 is 6.18 Å². The highest BCUT2D eigenvalue weighted by Gasteiger charge is 2.46. The lowest BCUT2D eigenvalue weighted by Gasteiger charge is -2.18. The van der Waals surface area contributed by atoms with Crippen molar-refractivity contribution in [1.82, 2.24) is 19.0 Å². The summed E-state index contributed by atoms with van der Waals surface area (Å²) >= 11 is 0. The number of benzene rings is 1. The second kappa shape index (κ2) is 7.97. The molecule has 0 bridgehead atoms. The third-order valence-electron chi connectivity index (χ3n) is 5.28. The first kappa shape index (κ1) is 21.3. The van der Waals surface area contributed by atoms with Gasteiger partial charge in [0.1, 0.15) is 5.65 Å².